The molecule has 0 heterocycles. The zero-order valence-electron chi connectivity index (χ0n) is 9.00. The number of benzene rings is 1. The minimum atomic E-state index is -4.54. The predicted octanol–water partition coefficient (Wildman–Crippen LogP) is 3.62. The third-order valence-corrected chi connectivity index (χ3v) is 2.88. The van der Waals surface area contributed by atoms with Crippen molar-refractivity contribution in [3.8, 4) is 0 Å². The molecule has 0 bridgehead atoms. The minimum absolute atomic E-state index is 0.0368. The highest BCUT2D eigenvalue weighted by molar-refractivity contribution is 5.97. The molecule has 0 aromatic heterocycles. The Kier molecular flexibility index (Phi) is 3.05. The van der Waals surface area contributed by atoms with Gasteiger partial charge in [-0.3, -0.25) is 4.79 Å². The largest absolute Gasteiger partial charge is 0.419 e. The standard InChI is InChI=1S/C13H11F3O/c14-13(15,16)11-8-10(6-7-12(11)17)9-4-2-1-3-5-9/h1-5,8,10H,6-7H2. The third kappa shape index (κ3) is 2.57. The summed E-state index contributed by atoms with van der Waals surface area (Å²) in [6, 6.07) is 8.95. The van der Waals surface area contributed by atoms with Crippen LogP contribution in [-0.4, -0.2) is 12.0 Å². The molecule has 4 heteroatoms. The minimum Gasteiger partial charge on any atom is -0.294 e. The summed E-state index contributed by atoms with van der Waals surface area (Å²) in [5.41, 5.74) is -0.181. The lowest BCUT2D eigenvalue weighted by molar-refractivity contribution is -0.129. The van der Waals surface area contributed by atoms with Crippen molar-refractivity contribution in [3.05, 3.63) is 47.5 Å². The van der Waals surface area contributed by atoms with Crippen molar-refractivity contribution in [3.63, 3.8) is 0 Å². The molecule has 1 aliphatic carbocycles. The maximum atomic E-state index is 12.6. The Morgan fingerprint density at radius 2 is 1.76 bits per heavy atom. The van der Waals surface area contributed by atoms with E-state index in [9.17, 15) is 18.0 Å². The maximum Gasteiger partial charge on any atom is 0.419 e. The number of hydrogen-bond donors (Lipinski definition) is 0. The Morgan fingerprint density at radius 1 is 1.12 bits per heavy atom. The number of ketones is 1. The van der Waals surface area contributed by atoms with Gasteiger partial charge in [-0.2, -0.15) is 13.2 Å². The first kappa shape index (κ1) is 11.9. The van der Waals surface area contributed by atoms with Gasteiger partial charge in [-0.15, -0.1) is 0 Å². The SMILES string of the molecule is O=C1CCC(c2ccccc2)C=C1C(F)(F)F. The number of Topliss-reactive ketones (excluding diaryl/α,β-unsaturated/α-hetero) is 1. The molecule has 0 fully saturated rings. The Balaban J connectivity index is 2.34. The molecule has 90 valence electrons. The van der Waals surface area contributed by atoms with Gasteiger partial charge in [0.1, 0.15) is 0 Å². The van der Waals surface area contributed by atoms with Gasteiger partial charge in [0.15, 0.2) is 5.78 Å². The number of rotatable bonds is 1. The topological polar surface area (TPSA) is 17.1 Å². The Hall–Kier alpha value is -1.58. The lowest BCUT2D eigenvalue weighted by atomic mass is 9.85. The van der Waals surface area contributed by atoms with Gasteiger partial charge >= 0.3 is 6.18 Å². The van der Waals surface area contributed by atoms with E-state index in [1.54, 1.807) is 24.3 Å². The Bertz CT molecular complexity index is 445. The quantitative estimate of drug-likeness (QED) is 0.732. The molecule has 0 spiro atoms. The van der Waals surface area contributed by atoms with Crippen LogP contribution in [0.2, 0.25) is 0 Å². The Labute approximate surface area is 96.9 Å². The molecule has 1 nitrogen and oxygen atoms in total. The zero-order valence-corrected chi connectivity index (χ0v) is 9.00. The van der Waals surface area contributed by atoms with Crippen LogP contribution >= 0.6 is 0 Å². The zero-order chi connectivity index (χ0) is 12.5. The molecule has 0 N–H and O–H groups in total. The van der Waals surface area contributed by atoms with Crippen LogP contribution in [0.15, 0.2) is 42.0 Å². The first-order valence-corrected chi connectivity index (χ1v) is 5.35. The first-order valence-electron chi connectivity index (χ1n) is 5.35. The van der Waals surface area contributed by atoms with Crippen molar-refractivity contribution in [2.24, 2.45) is 0 Å². The number of carbonyl (C=O) groups excluding carboxylic acids is 1. The lowest BCUT2D eigenvalue weighted by Gasteiger charge is -2.21. The summed E-state index contributed by atoms with van der Waals surface area (Å²) in [6.45, 7) is 0. The van der Waals surface area contributed by atoms with Gasteiger partial charge < -0.3 is 0 Å². The molecular formula is C13H11F3O. The molecule has 0 aliphatic heterocycles. The summed E-state index contributed by atoms with van der Waals surface area (Å²) < 4.78 is 37.8. The summed E-state index contributed by atoms with van der Waals surface area (Å²) in [7, 11) is 0. The molecule has 2 rings (SSSR count). The normalized spacial score (nSPS) is 21.2. The second-order valence-corrected chi connectivity index (χ2v) is 4.06. The van der Waals surface area contributed by atoms with E-state index >= 15 is 0 Å². The van der Waals surface area contributed by atoms with E-state index in [0.717, 1.165) is 11.6 Å². The van der Waals surface area contributed by atoms with E-state index in [1.165, 1.54) is 0 Å². The average Bonchev–Trinajstić information content (AvgIpc) is 2.29. The molecule has 1 atom stereocenters. The molecule has 0 saturated heterocycles. The van der Waals surface area contributed by atoms with Gasteiger partial charge in [0.25, 0.3) is 0 Å². The van der Waals surface area contributed by atoms with Crippen LogP contribution < -0.4 is 0 Å². The average molecular weight is 240 g/mol. The number of halogens is 3. The molecule has 1 aliphatic rings. The molecule has 1 aromatic carbocycles. The van der Waals surface area contributed by atoms with Crippen molar-refractivity contribution in [2.45, 2.75) is 24.9 Å². The fraction of sp³-hybridized carbons (Fsp3) is 0.308. The van der Waals surface area contributed by atoms with E-state index in [-0.39, 0.29) is 12.3 Å². The highest BCUT2D eigenvalue weighted by atomic mass is 19.4. The third-order valence-electron chi connectivity index (χ3n) is 2.88. The maximum absolute atomic E-state index is 12.6. The van der Waals surface area contributed by atoms with Gasteiger partial charge in [-0.25, -0.2) is 0 Å². The van der Waals surface area contributed by atoms with E-state index in [0.29, 0.717) is 6.42 Å². The van der Waals surface area contributed by atoms with Crippen LogP contribution in [0.25, 0.3) is 0 Å². The van der Waals surface area contributed by atoms with Crippen LogP contribution in [0, 0.1) is 0 Å². The fourth-order valence-electron chi connectivity index (χ4n) is 2.01. The summed E-state index contributed by atoms with van der Waals surface area (Å²) in [6.07, 6.45) is -3.07. The summed E-state index contributed by atoms with van der Waals surface area (Å²) in [5.74, 6) is -1.12. The second kappa shape index (κ2) is 4.35. The highest BCUT2D eigenvalue weighted by Crippen LogP contribution is 2.36. The number of allylic oxidation sites excluding steroid dienone is 2. The van der Waals surface area contributed by atoms with Crippen LogP contribution in [0.1, 0.15) is 24.3 Å². The predicted molar refractivity (Wildman–Crippen MR) is 57.6 cm³/mol. The van der Waals surface area contributed by atoms with Crippen LogP contribution in [0.5, 0.6) is 0 Å². The van der Waals surface area contributed by atoms with Crippen LogP contribution in [0.4, 0.5) is 13.2 Å². The molecule has 1 aromatic rings. The van der Waals surface area contributed by atoms with Gasteiger partial charge in [0, 0.05) is 12.3 Å². The fourth-order valence-corrected chi connectivity index (χ4v) is 2.01. The van der Waals surface area contributed by atoms with E-state index in [2.05, 4.69) is 0 Å². The summed E-state index contributed by atoms with van der Waals surface area (Å²) >= 11 is 0. The van der Waals surface area contributed by atoms with E-state index in [1.807, 2.05) is 6.07 Å². The van der Waals surface area contributed by atoms with Gasteiger partial charge in [-0.05, 0) is 12.0 Å². The van der Waals surface area contributed by atoms with Gasteiger partial charge in [0.2, 0.25) is 0 Å². The lowest BCUT2D eigenvalue weighted by Crippen LogP contribution is -2.24. The van der Waals surface area contributed by atoms with Crippen molar-refractivity contribution in [1.82, 2.24) is 0 Å². The van der Waals surface area contributed by atoms with Crippen molar-refractivity contribution >= 4 is 5.78 Å². The van der Waals surface area contributed by atoms with Crippen molar-refractivity contribution in [1.29, 1.82) is 0 Å². The van der Waals surface area contributed by atoms with Crippen LogP contribution in [-0.2, 0) is 4.79 Å². The summed E-state index contributed by atoms with van der Waals surface area (Å²) in [4.78, 5) is 11.2. The smallest absolute Gasteiger partial charge is 0.294 e. The molecule has 17 heavy (non-hydrogen) atoms. The van der Waals surface area contributed by atoms with Gasteiger partial charge in [-0.1, -0.05) is 36.4 Å². The molecule has 0 radical (unpaired) electrons. The van der Waals surface area contributed by atoms with Crippen molar-refractivity contribution in [2.75, 3.05) is 0 Å². The first-order chi connectivity index (χ1) is 7.98. The molecule has 0 saturated carbocycles. The number of hydrogen-bond acceptors (Lipinski definition) is 1. The van der Waals surface area contributed by atoms with Crippen LogP contribution in [0.3, 0.4) is 0 Å². The molecular weight excluding hydrogens is 229 g/mol. The van der Waals surface area contributed by atoms with Crippen molar-refractivity contribution < 1.29 is 18.0 Å². The summed E-state index contributed by atoms with van der Waals surface area (Å²) in [5, 5.41) is 0. The number of carbonyl (C=O) groups is 1. The number of alkyl halides is 3. The highest BCUT2D eigenvalue weighted by Gasteiger charge is 2.40. The van der Waals surface area contributed by atoms with E-state index in [4.69, 9.17) is 0 Å². The van der Waals surface area contributed by atoms with E-state index < -0.39 is 17.5 Å². The Morgan fingerprint density at radius 3 is 2.35 bits per heavy atom. The molecule has 1 unspecified atom stereocenters. The second-order valence-electron chi connectivity index (χ2n) is 4.06. The monoisotopic (exact) mass is 240 g/mol. The molecule has 0 amide bonds. The van der Waals surface area contributed by atoms with Gasteiger partial charge in [0.05, 0.1) is 5.57 Å².